The van der Waals surface area contributed by atoms with Crippen molar-refractivity contribution >= 4 is 23.3 Å². The zero-order valence-corrected chi connectivity index (χ0v) is 16.8. The summed E-state index contributed by atoms with van der Waals surface area (Å²) in [5.74, 6) is 0.361. The van der Waals surface area contributed by atoms with E-state index in [9.17, 15) is 9.59 Å². The van der Waals surface area contributed by atoms with E-state index in [1.54, 1.807) is 43.5 Å². The van der Waals surface area contributed by atoms with E-state index in [1.165, 1.54) is 18.9 Å². The lowest BCUT2D eigenvalue weighted by Gasteiger charge is -2.17. The first-order valence-electron chi connectivity index (χ1n) is 9.30. The minimum absolute atomic E-state index is 0.00267. The highest BCUT2D eigenvalue weighted by atomic mass is 16.5. The standard InChI is InChI=1S/C21H21N5O4/c1-12-19(20(22)26(24-12)17-6-4-5-7-23-17)16-11-18(27)25(21(16)28)13-8-14(29-2)10-15(9-13)30-3/h4-10,16H,11,22H2,1-3H3/t16-/m0/s1. The van der Waals surface area contributed by atoms with Gasteiger partial charge in [0.05, 0.1) is 31.5 Å². The molecule has 4 rings (SSSR count). The Labute approximate surface area is 173 Å². The molecule has 3 heterocycles. The highest BCUT2D eigenvalue weighted by Gasteiger charge is 2.43. The fourth-order valence-corrected chi connectivity index (χ4v) is 3.69. The van der Waals surface area contributed by atoms with Crippen LogP contribution >= 0.6 is 0 Å². The molecule has 30 heavy (non-hydrogen) atoms. The third-order valence-electron chi connectivity index (χ3n) is 5.10. The molecule has 2 amide bonds. The molecular formula is C21H21N5O4. The second-order valence-corrected chi connectivity index (χ2v) is 6.88. The van der Waals surface area contributed by atoms with Crippen LogP contribution in [0.1, 0.15) is 23.6 Å². The maximum atomic E-state index is 13.3. The van der Waals surface area contributed by atoms with E-state index >= 15 is 0 Å². The quantitative estimate of drug-likeness (QED) is 0.645. The van der Waals surface area contributed by atoms with Crippen molar-refractivity contribution in [2.24, 2.45) is 0 Å². The van der Waals surface area contributed by atoms with Gasteiger partial charge in [0.2, 0.25) is 11.8 Å². The summed E-state index contributed by atoms with van der Waals surface area (Å²) in [4.78, 5) is 31.5. The summed E-state index contributed by atoms with van der Waals surface area (Å²) in [7, 11) is 3.01. The number of carbonyl (C=O) groups is 2. The Morgan fingerprint density at radius 3 is 2.40 bits per heavy atom. The molecule has 1 fully saturated rings. The number of aromatic nitrogens is 3. The van der Waals surface area contributed by atoms with Crippen molar-refractivity contribution in [1.29, 1.82) is 0 Å². The van der Waals surface area contributed by atoms with Gasteiger partial charge < -0.3 is 15.2 Å². The molecule has 0 unspecified atom stereocenters. The average molecular weight is 407 g/mol. The van der Waals surface area contributed by atoms with Crippen molar-refractivity contribution in [3.63, 3.8) is 0 Å². The van der Waals surface area contributed by atoms with Gasteiger partial charge >= 0.3 is 0 Å². The van der Waals surface area contributed by atoms with Gasteiger partial charge in [-0.2, -0.15) is 9.78 Å². The number of hydrogen-bond acceptors (Lipinski definition) is 7. The Kier molecular flexibility index (Phi) is 4.86. The Bertz CT molecular complexity index is 1100. The molecule has 1 aromatic carbocycles. The van der Waals surface area contributed by atoms with Gasteiger partial charge in [-0.1, -0.05) is 6.07 Å². The summed E-state index contributed by atoms with van der Waals surface area (Å²) in [5.41, 5.74) is 7.84. The average Bonchev–Trinajstić information content (AvgIpc) is 3.22. The molecule has 0 bridgehead atoms. The molecular weight excluding hydrogens is 386 g/mol. The molecule has 0 spiro atoms. The van der Waals surface area contributed by atoms with Crippen molar-refractivity contribution in [2.45, 2.75) is 19.3 Å². The fraction of sp³-hybridized carbons (Fsp3) is 0.238. The van der Waals surface area contributed by atoms with E-state index in [1.807, 2.05) is 6.07 Å². The van der Waals surface area contributed by atoms with E-state index in [2.05, 4.69) is 10.1 Å². The summed E-state index contributed by atoms with van der Waals surface area (Å²) in [6.45, 7) is 1.76. The largest absolute Gasteiger partial charge is 0.497 e. The minimum Gasteiger partial charge on any atom is -0.497 e. The van der Waals surface area contributed by atoms with E-state index in [0.717, 1.165) is 4.90 Å². The van der Waals surface area contributed by atoms with E-state index in [4.69, 9.17) is 15.2 Å². The first-order chi connectivity index (χ1) is 14.4. The number of nitrogen functional groups attached to an aromatic ring is 1. The summed E-state index contributed by atoms with van der Waals surface area (Å²) in [6.07, 6.45) is 1.63. The molecule has 0 aliphatic carbocycles. The van der Waals surface area contributed by atoms with E-state index in [0.29, 0.717) is 40.1 Å². The van der Waals surface area contributed by atoms with Crippen LogP contribution in [0, 0.1) is 6.92 Å². The number of rotatable bonds is 5. The Morgan fingerprint density at radius 1 is 1.10 bits per heavy atom. The van der Waals surface area contributed by atoms with Crippen LogP contribution in [0.2, 0.25) is 0 Å². The summed E-state index contributed by atoms with van der Waals surface area (Å²) in [6, 6.07) is 10.3. The molecule has 2 N–H and O–H groups in total. The van der Waals surface area contributed by atoms with Crippen molar-refractivity contribution < 1.29 is 19.1 Å². The maximum absolute atomic E-state index is 13.3. The number of carbonyl (C=O) groups excluding carboxylic acids is 2. The number of hydrogen-bond donors (Lipinski definition) is 1. The first kappa shape index (κ1) is 19.4. The van der Waals surface area contributed by atoms with Gasteiger partial charge in [-0.15, -0.1) is 0 Å². The summed E-state index contributed by atoms with van der Waals surface area (Å²) in [5, 5.41) is 4.44. The number of pyridine rings is 1. The van der Waals surface area contributed by atoms with Crippen LogP contribution in [0.15, 0.2) is 42.6 Å². The third kappa shape index (κ3) is 3.14. The predicted octanol–water partition coefficient (Wildman–Crippen LogP) is 2.22. The summed E-state index contributed by atoms with van der Waals surface area (Å²) >= 11 is 0. The molecule has 3 aromatic rings. The maximum Gasteiger partial charge on any atom is 0.242 e. The van der Waals surface area contributed by atoms with E-state index in [-0.39, 0.29) is 18.2 Å². The zero-order chi connectivity index (χ0) is 21.4. The molecule has 2 aromatic heterocycles. The van der Waals surface area contributed by atoms with Gasteiger partial charge in [0, 0.05) is 36.4 Å². The molecule has 1 saturated heterocycles. The second kappa shape index (κ2) is 7.51. The van der Waals surface area contributed by atoms with Gasteiger partial charge in [-0.05, 0) is 19.1 Å². The second-order valence-electron chi connectivity index (χ2n) is 6.88. The number of amides is 2. The van der Waals surface area contributed by atoms with Crippen molar-refractivity contribution in [1.82, 2.24) is 14.8 Å². The monoisotopic (exact) mass is 407 g/mol. The van der Waals surface area contributed by atoms with Crippen LogP contribution in [0.25, 0.3) is 5.82 Å². The number of aryl methyl sites for hydroxylation is 1. The lowest BCUT2D eigenvalue weighted by atomic mass is 9.97. The summed E-state index contributed by atoms with van der Waals surface area (Å²) < 4.78 is 12.0. The van der Waals surface area contributed by atoms with E-state index < -0.39 is 5.92 Å². The highest BCUT2D eigenvalue weighted by Crippen LogP contribution is 2.39. The molecule has 1 aliphatic heterocycles. The lowest BCUT2D eigenvalue weighted by molar-refractivity contribution is -0.121. The fourth-order valence-electron chi connectivity index (χ4n) is 3.69. The number of ether oxygens (including phenoxy) is 2. The van der Waals surface area contributed by atoms with Crippen LogP contribution in [0.4, 0.5) is 11.5 Å². The van der Waals surface area contributed by atoms with Gasteiger partial charge in [0.1, 0.15) is 17.3 Å². The third-order valence-corrected chi connectivity index (χ3v) is 5.10. The first-order valence-corrected chi connectivity index (χ1v) is 9.30. The normalized spacial score (nSPS) is 16.2. The predicted molar refractivity (Wildman–Crippen MR) is 110 cm³/mol. The number of nitrogens with zero attached hydrogens (tertiary/aromatic N) is 4. The number of benzene rings is 1. The zero-order valence-electron chi connectivity index (χ0n) is 16.8. The topological polar surface area (TPSA) is 113 Å². The van der Waals surface area contributed by atoms with Crippen molar-refractivity contribution in [3.05, 3.63) is 53.9 Å². The van der Waals surface area contributed by atoms with Gasteiger partial charge in [-0.3, -0.25) is 9.59 Å². The number of methoxy groups -OCH3 is 2. The molecule has 9 nitrogen and oxygen atoms in total. The van der Waals surface area contributed by atoms with Crippen LogP contribution in [-0.4, -0.2) is 40.8 Å². The lowest BCUT2D eigenvalue weighted by Crippen LogP contribution is -2.30. The Morgan fingerprint density at radius 2 is 1.80 bits per heavy atom. The SMILES string of the molecule is COc1cc(OC)cc(N2C(=O)C[C@@H](c3c(C)nn(-c4ccccn4)c3N)C2=O)c1. The molecule has 0 saturated carbocycles. The Hall–Kier alpha value is -3.88. The molecule has 0 radical (unpaired) electrons. The number of nitrogens with two attached hydrogens (primary N) is 1. The highest BCUT2D eigenvalue weighted by molar-refractivity contribution is 6.23. The van der Waals surface area contributed by atoms with Crippen molar-refractivity contribution in [2.75, 3.05) is 24.9 Å². The number of anilines is 2. The van der Waals surface area contributed by atoms with Gasteiger partial charge in [0.15, 0.2) is 5.82 Å². The molecule has 1 aliphatic rings. The van der Waals surface area contributed by atoms with Gasteiger partial charge in [-0.25, -0.2) is 9.88 Å². The number of imide groups is 1. The van der Waals surface area contributed by atoms with Crippen LogP contribution in [0.5, 0.6) is 11.5 Å². The van der Waals surface area contributed by atoms with Gasteiger partial charge in [0.25, 0.3) is 0 Å². The Balaban J connectivity index is 1.73. The van der Waals surface area contributed by atoms with Crippen LogP contribution in [-0.2, 0) is 9.59 Å². The molecule has 154 valence electrons. The van der Waals surface area contributed by atoms with Crippen LogP contribution in [0.3, 0.4) is 0 Å². The molecule has 9 heteroatoms. The smallest absolute Gasteiger partial charge is 0.242 e. The minimum atomic E-state index is -0.729. The molecule has 1 atom stereocenters. The van der Waals surface area contributed by atoms with Crippen LogP contribution < -0.4 is 20.1 Å². The van der Waals surface area contributed by atoms with Crippen molar-refractivity contribution in [3.8, 4) is 17.3 Å².